The van der Waals surface area contributed by atoms with Gasteiger partial charge in [-0.25, -0.2) is 0 Å². The molecule has 4 heteroatoms. The molecule has 3 nitrogen and oxygen atoms in total. The maximum absolute atomic E-state index is 5.93. The summed E-state index contributed by atoms with van der Waals surface area (Å²) in [5, 5.41) is 4.22. The molecule has 1 aliphatic rings. The number of halogens is 1. The number of hydrogen-bond acceptors (Lipinski definition) is 3. The maximum atomic E-state index is 5.93. The Morgan fingerprint density at radius 2 is 1.80 bits per heavy atom. The molecule has 0 saturated carbocycles. The summed E-state index contributed by atoms with van der Waals surface area (Å²) >= 11 is 5.93. The minimum absolute atomic E-state index is 0.212. The van der Waals surface area contributed by atoms with Crippen LogP contribution in [0, 0.1) is 0 Å². The Balaban J connectivity index is 1.89. The molecule has 0 aliphatic carbocycles. The Bertz CT molecular complexity index is 410. The highest BCUT2D eigenvalue weighted by atomic mass is 35.5. The second-order valence-electron chi connectivity index (χ2n) is 6.35. The first-order valence-electron chi connectivity index (χ1n) is 7.36. The van der Waals surface area contributed by atoms with Crippen LogP contribution in [0.5, 0.6) is 0 Å². The fourth-order valence-corrected chi connectivity index (χ4v) is 3.11. The Morgan fingerprint density at radius 1 is 1.20 bits per heavy atom. The van der Waals surface area contributed by atoms with E-state index < -0.39 is 0 Å². The molecular weight excluding hydrogens is 270 g/mol. The molecule has 1 aliphatic heterocycles. The van der Waals surface area contributed by atoms with Crippen LogP contribution in [-0.4, -0.2) is 55.1 Å². The predicted octanol–water partition coefficient (Wildman–Crippen LogP) is 2.46. The Morgan fingerprint density at radius 3 is 2.40 bits per heavy atom. The van der Waals surface area contributed by atoms with E-state index in [9.17, 15) is 0 Å². The van der Waals surface area contributed by atoms with Crippen molar-refractivity contribution < 1.29 is 0 Å². The molecule has 0 atom stereocenters. The van der Waals surface area contributed by atoms with Gasteiger partial charge in [0.2, 0.25) is 0 Å². The molecule has 1 fully saturated rings. The highest BCUT2D eigenvalue weighted by Gasteiger charge is 2.28. The zero-order valence-corrected chi connectivity index (χ0v) is 13.6. The molecule has 0 spiro atoms. The van der Waals surface area contributed by atoms with Crippen molar-refractivity contribution in [1.82, 2.24) is 15.1 Å². The number of rotatable bonds is 5. The number of likely N-dealkylation sites (N-methyl/N-ethyl adjacent to an activating group) is 1. The van der Waals surface area contributed by atoms with E-state index >= 15 is 0 Å². The van der Waals surface area contributed by atoms with Crippen LogP contribution in [0.3, 0.4) is 0 Å². The monoisotopic (exact) mass is 295 g/mol. The molecule has 2 rings (SSSR count). The summed E-state index contributed by atoms with van der Waals surface area (Å²) in [7, 11) is 2.19. The van der Waals surface area contributed by atoms with E-state index in [0.29, 0.717) is 0 Å². The zero-order chi connectivity index (χ0) is 14.6. The number of benzene rings is 1. The third-order valence-corrected chi connectivity index (χ3v) is 4.25. The van der Waals surface area contributed by atoms with Gasteiger partial charge in [-0.05, 0) is 38.6 Å². The summed E-state index contributed by atoms with van der Waals surface area (Å²) in [6.45, 7) is 11.2. The topological polar surface area (TPSA) is 18.5 Å². The lowest BCUT2D eigenvalue weighted by atomic mass is 10.0. The zero-order valence-electron chi connectivity index (χ0n) is 12.8. The van der Waals surface area contributed by atoms with Gasteiger partial charge in [0.1, 0.15) is 0 Å². The van der Waals surface area contributed by atoms with Crippen LogP contribution < -0.4 is 5.32 Å². The van der Waals surface area contributed by atoms with Gasteiger partial charge < -0.3 is 10.2 Å². The quantitative estimate of drug-likeness (QED) is 0.900. The van der Waals surface area contributed by atoms with Crippen molar-refractivity contribution in [2.24, 2.45) is 0 Å². The average Bonchev–Trinajstić information content (AvgIpc) is 2.42. The van der Waals surface area contributed by atoms with Gasteiger partial charge in [-0.1, -0.05) is 23.7 Å². The van der Waals surface area contributed by atoms with Crippen molar-refractivity contribution in [3.63, 3.8) is 0 Å². The number of hydrogen-bond donors (Lipinski definition) is 1. The van der Waals surface area contributed by atoms with Crippen molar-refractivity contribution in [2.45, 2.75) is 25.9 Å². The Kier molecular flexibility index (Phi) is 5.44. The van der Waals surface area contributed by atoms with Crippen LogP contribution in [0.1, 0.15) is 19.4 Å². The van der Waals surface area contributed by atoms with Gasteiger partial charge in [0.05, 0.1) is 0 Å². The molecule has 0 aromatic heterocycles. The fraction of sp³-hybridized carbons (Fsp3) is 0.625. The van der Waals surface area contributed by atoms with Gasteiger partial charge in [0, 0.05) is 49.8 Å². The van der Waals surface area contributed by atoms with Crippen molar-refractivity contribution in [1.29, 1.82) is 0 Å². The number of nitrogens with one attached hydrogen (secondary N) is 1. The molecule has 112 valence electrons. The predicted molar refractivity (Wildman–Crippen MR) is 86.3 cm³/mol. The van der Waals surface area contributed by atoms with E-state index in [0.717, 1.165) is 44.3 Å². The standard InChI is InChI=1S/C16H26ClN3/c1-16(2,20-10-8-18-9-11-20)13-19(3)12-14-4-6-15(17)7-5-14/h4-7,18H,8-13H2,1-3H3. The van der Waals surface area contributed by atoms with Gasteiger partial charge in [0.15, 0.2) is 0 Å². The van der Waals surface area contributed by atoms with Gasteiger partial charge >= 0.3 is 0 Å². The van der Waals surface area contributed by atoms with E-state index in [4.69, 9.17) is 11.6 Å². The molecular formula is C16H26ClN3. The van der Waals surface area contributed by atoms with Gasteiger partial charge in [0.25, 0.3) is 0 Å². The molecule has 1 saturated heterocycles. The van der Waals surface area contributed by atoms with E-state index in [-0.39, 0.29) is 5.54 Å². The molecule has 0 amide bonds. The first-order chi connectivity index (χ1) is 9.47. The van der Waals surface area contributed by atoms with Crippen LogP contribution in [0.15, 0.2) is 24.3 Å². The summed E-state index contributed by atoms with van der Waals surface area (Å²) in [5.41, 5.74) is 1.52. The molecule has 1 heterocycles. The molecule has 0 bridgehead atoms. The van der Waals surface area contributed by atoms with E-state index in [2.05, 4.69) is 48.1 Å². The first kappa shape index (κ1) is 15.8. The summed E-state index contributed by atoms with van der Waals surface area (Å²) in [6.07, 6.45) is 0. The van der Waals surface area contributed by atoms with Gasteiger partial charge in [-0.3, -0.25) is 4.90 Å². The lowest BCUT2D eigenvalue weighted by Gasteiger charge is -2.43. The van der Waals surface area contributed by atoms with Crippen molar-refractivity contribution in [3.05, 3.63) is 34.9 Å². The molecule has 1 aromatic rings. The normalized spacial score (nSPS) is 17.6. The summed E-state index contributed by atoms with van der Waals surface area (Å²) in [5.74, 6) is 0. The summed E-state index contributed by atoms with van der Waals surface area (Å²) < 4.78 is 0. The van der Waals surface area contributed by atoms with Gasteiger partial charge in [-0.15, -0.1) is 0 Å². The molecule has 1 N–H and O–H groups in total. The minimum atomic E-state index is 0.212. The largest absolute Gasteiger partial charge is 0.314 e. The molecule has 0 unspecified atom stereocenters. The van der Waals surface area contributed by atoms with Crippen LogP contribution in [0.2, 0.25) is 5.02 Å². The van der Waals surface area contributed by atoms with Gasteiger partial charge in [-0.2, -0.15) is 0 Å². The number of piperazine rings is 1. The van der Waals surface area contributed by atoms with Crippen LogP contribution in [0.25, 0.3) is 0 Å². The Hall–Kier alpha value is -0.610. The SMILES string of the molecule is CN(Cc1ccc(Cl)cc1)CC(C)(C)N1CCNCC1. The van der Waals surface area contributed by atoms with Crippen molar-refractivity contribution in [2.75, 3.05) is 39.8 Å². The van der Waals surface area contributed by atoms with E-state index in [1.165, 1.54) is 5.56 Å². The average molecular weight is 296 g/mol. The lowest BCUT2D eigenvalue weighted by molar-refractivity contribution is 0.0693. The van der Waals surface area contributed by atoms with Crippen LogP contribution >= 0.6 is 11.6 Å². The number of nitrogens with zero attached hydrogens (tertiary/aromatic N) is 2. The van der Waals surface area contributed by atoms with Crippen LogP contribution in [-0.2, 0) is 6.54 Å². The lowest BCUT2D eigenvalue weighted by Crippen LogP contribution is -2.57. The first-order valence-corrected chi connectivity index (χ1v) is 7.74. The van der Waals surface area contributed by atoms with Crippen LogP contribution in [0.4, 0.5) is 0 Å². The van der Waals surface area contributed by atoms with E-state index in [1.807, 2.05) is 12.1 Å². The smallest absolute Gasteiger partial charge is 0.0406 e. The Labute approximate surface area is 127 Å². The molecule has 1 aromatic carbocycles. The third kappa shape index (κ3) is 4.45. The van der Waals surface area contributed by atoms with E-state index in [1.54, 1.807) is 0 Å². The summed E-state index contributed by atoms with van der Waals surface area (Å²) in [4.78, 5) is 4.98. The maximum Gasteiger partial charge on any atom is 0.0406 e. The third-order valence-electron chi connectivity index (χ3n) is 4.00. The molecule has 0 radical (unpaired) electrons. The molecule has 20 heavy (non-hydrogen) atoms. The second kappa shape index (κ2) is 6.90. The summed E-state index contributed by atoms with van der Waals surface area (Å²) in [6, 6.07) is 8.14. The van der Waals surface area contributed by atoms with Crippen molar-refractivity contribution in [3.8, 4) is 0 Å². The van der Waals surface area contributed by atoms with Crippen molar-refractivity contribution >= 4 is 11.6 Å². The highest BCUT2D eigenvalue weighted by molar-refractivity contribution is 6.30. The second-order valence-corrected chi connectivity index (χ2v) is 6.78. The fourth-order valence-electron chi connectivity index (χ4n) is 2.99. The highest BCUT2D eigenvalue weighted by Crippen LogP contribution is 2.18. The minimum Gasteiger partial charge on any atom is -0.314 e.